The molecule has 0 spiro atoms. The van der Waals surface area contributed by atoms with Gasteiger partial charge in [0.2, 0.25) is 0 Å². The van der Waals surface area contributed by atoms with E-state index in [9.17, 15) is 4.79 Å². The molecule has 1 unspecified atom stereocenters. The first-order valence-corrected chi connectivity index (χ1v) is 7.08. The van der Waals surface area contributed by atoms with Gasteiger partial charge in [0, 0.05) is 11.8 Å². The maximum Gasteiger partial charge on any atom is 0.340 e. The summed E-state index contributed by atoms with van der Waals surface area (Å²) >= 11 is 3.02. The zero-order chi connectivity index (χ0) is 12.1. The number of hydrogen-bond donors (Lipinski definition) is 2. The monoisotopic (exact) mass is 260 g/mol. The summed E-state index contributed by atoms with van der Waals surface area (Å²) in [6.07, 6.45) is 3.08. The molecule has 1 heterocycles. The largest absolute Gasteiger partial charge is 0.478 e. The van der Waals surface area contributed by atoms with Crippen LogP contribution in [0.3, 0.4) is 0 Å². The van der Waals surface area contributed by atoms with Gasteiger partial charge in [0.1, 0.15) is 10.6 Å². The molecule has 1 aromatic heterocycles. The van der Waals surface area contributed by atoms with Crippen LogP contribution < -0.4 is 5.32 Å². The molecule has 1 atom stereocenters. The summed E-state index contributed by atoms with van der Waals surface area (Å²) in [6.45, 7) is 4.65. The van der Waals surface area contributed by atoms with Gasteiger partial charge in [-0.2, -0.15) is 16.1 Å². The van der Waals surface area contributed by atoms with Gasteiger partial charge in [-0.3, -0.25) is 0 Å². The topological polar surface area (TPSA) is 62.2 Å². The molecule has 0 aliphatic rings. The molecule has 1 rings (SSSR count). The van der Waals surface area contributed by atoms with Crippen LogP contribution in [0.2, 0.25) is 0 Å². The van der Waals surface area contributed by atoms with Crippen molar-refractivity contribution < 1.29 is 9.90 Å². The fourth-order valence-corrected chi connectivity index (χ4v) is 2.42. The predicted octanol–water partition coefficient (Wildman–Crippen LogP) is 2.70. The maximum absolute atomic E-state index is 11.0. The number of nitrogens with zero attached hydrogens (tertiary/aromatic N) is 1. The van der Waals surface area contributed by atoms with Crippen molar-refractivity contribution in [1.29, 1.82) is 0 Å². The third kappa shape index (κ3) is 3.38. The molecule has 1 aromatic rings. The van der Waals surface area contributed by atoms with E-state index in [1.165, 1.54) is 11.5 Å². The van der Waals surface area contributed by atoms with E-state index < -0.39 is 5.97 Å². The van der Waals surface area contributed by atoms with E-state index in [0.29, 0.717) is 21.5 Å². The van der Waals surface area contributed by atoms with Gasteiger partial charge in [0.05, 0.1) is 5.69 Å². The van der Waals surface area contributed by atoms with E-state index in [0.717, 1.165) is 13.0 Å². The summed E-state index contributed by atoms with van der Waals surface area (Å²) in [4.78, 5) is 11.0. The molecule has 0 aliphatic carbocycles. The van der Waals surface area contributed by atoms with Crippen LogP contribution in [0.1, 0.15) is 29.4 Å². The van der Waals surface area contributed by atoms with E-state index >= 15 is 0 Å². The van der Waals surface area contributed by atoms with Crippen molar-refractivity contribution in [2.24, 2.45) is 0 Å². The highest BCUT2D eigenvalue weighted by molar-refractivity contribution is 7.99. The average Bonchev–Trinajstić information content (AvgIpc) is 2.59. The lowest BCUT2D eigenvalue weighted by Gasteiger charge is -2.09. The third-order valence-corrected chi connectivity index (χ3v) is 4.25. The number of nitrogens with one attached hydrogen (secondary N) is 1. The van der Waals surface area contributed by atoms with Crippen molar-refractivity contribution in [3.63, 3.8) is 0 Å². The molecule has 0 fully saturated rings. The number of aromatic nitrogens is 1. The highest BCUT2D eigenvalue weighted by atomic mass is 32.2. The summed E-state index contributed by atoms with van der Waals surface area (Å²) in [6, 6.07) is 0. The molecule has 0 radical (unpaired) electrons. The predicted molar refractivity (Wildman–Crippen MR) is 69.9 cm³/mol. The molecule has 0 aromatic carbocycles. The van der Waals surface area contributed by atoms with Crippen molar-refractivity contribution >= 4 is 34.3 Å². The zero-order valence-electron chi connectivity index (χ0n) is 9.61. The SMILES string of the molecule is CSC(C)CCNc1snc(C)c1C(=O)O. The minimum atomic E-state index is -0.910. The van der Waals surface area contributed by atoms with Gasteiger partial charge in [-0.05, 0) is 31.1 Å². The quantitative estimate of drug-likeness (QED) is 0.823. The van der Waals surface area contributed by atoms with Crippen molar-refractivity contribution in [1.82, 2.24) is 4.37 Å². The molecule has 90 valence electrons. The number of aromatic carboxylic acids is 1. The summed E-state index contributed by atoms with van der Waals surface area (Å²) in [5.41, 5.74) is 0.889. The Hall–Kier alpha value is -0.750. The van der Waals surface area contributed by atoms with Gasteiger partial charge >= 0.3 is 5.97 Å². The first kappa shape index (κ1) is 13.3. The Labute approximate surface area is 104 Å². The fraction of sp³-hybridized carbons (Fsp3) is 0.600. The molecule has 16 heavy (non-hydrogen) atoms. The van der Waals surface area contributed by atoms with Gasteiger partial charge in [0.15, 0.2) is 0 Å². The first-order chi connectivity index (χ1) is 7.56. The van der Waals surface area contributed by atoms with Crippen molar-refractivity contribution in [2.45, 2.75) is 25.5 Å². The van der Waals surface area contributed by atoms with Crippen LogP contribution in [0.25, 0.3) is 0 Å². The van der Waals surface area contributed by atoms with Crippen LogP contribution in [-0.2, 0) is 0 Å². The lowest BCUT2D eigenvalue weighted by molar-refractivity contribution is 0.0697. The van der Waals surface area contributed by atoms with Crippen molar-refractivity contribution in [3.8, 4) is 0 Å². The third-order valence-electron chi connectivity index (χ3n) is 2.32. The Morgan fingerprint density at radius 1 is 1.69 bits per heavy atom. The van der Waals surface area contributed by atoms with Crippen molar-refractivity contribution in [3.05, 3.63) is 11.3 Å². The molecule has 0 bridgehead atoms. The number of hydrogen-bond acceptors (Lipinski definition) is 5. The average molecular weight is 260 g/mol. The highest BCUT2D eigenvalue weighted by Crippen LogP contribution is 2.24. The van der Waals surface area contributed by atoms with Crippen molar-refractivity contribution in [2.75, 3.05) is 18.1 Å². The van der Waals surface area contributed by atoms with Crippen LogP contribution in [0, 0.1) is 6.92 Å². The van der Waals surface area contributed by atoms with Crippen LogP contribution in [0.4, 0.5) is 5.00 Å². The second kappa shape index (κ2) is 6.10. The number of carboxylic acid groups (broad SMARTS) is 1. The fourth-order valence-electron chi connectivity index (χ4n) is 1.25. The molecule has 0 amide bonds. The number of carboxylic acids is 1. The molecule has 0 saturated heterocycles. The Kier molecular flexibility index (Phi) is 5.08. The molecule has 0 saturated carbocycles. The lowest BCUT2D eigenvalue weighted by atomic mass is 10.2. The lowest BCUT2D eigenvalue weighted by Crippen LogP contribution is -2.09. The molecule has 2 N–H and O–H groups in total. The van der Waals surface area contributed by atoms with Gasteiger partial charge in [-0.15, -0.1) is 0 Å². The van der Waals surface area contributed by atoms with E-state index in [1.807, 2.05) is 11.8 Å². The second-order valence-corrected chi connectivity index (χ2v) is 5.59. The highest BCUT2D eigenvalue weighted by Gasteiger charge is 2.16. The van der Waals surface area contributed by atoms with E-state index in [1.54, 1.807) is 6.92 Å². The molecular formula is C10H16N2O2S2. The number of thioether (sulfide) groups is 1. The molecule has 0 aliphatic heterocycles. The molecule has 6 heteroatoms. The Morgan fingerprint density at radius 3 is 2.94 bits per heavy atom. The number of aryl methyl sites for hydroxylation is 1. The Balaban J connectivity index is 2.57. The van der Waals surface area contributed by atoms with Gasteiger partial charge in [0.25, 0.3) is 0 Å². The standard InChI is InChI=1S/C10H16N2O2S2/c1-6(15-3)4-5-11-9-8(10(13)14)7(2)12-16-9/h6,11H,4-5H2,1-3H3,(H,13,14). The minimum absolute atomic E-state index is 0.307. The molecular weight excluding hydrogens is 244 g/mol. The van der Waals surface area contributed by atoms with Crippen LogP contribution >= 0.6 is 23.3 Å². The Bertz CT molecular complexity index is 366. The summed E-state index contributed by atoms with van der Waals surface area (Å²) in [5, 5.41) is 13.4. The second-order valence-electron chi connectivity index (χ2n) is 3.54. The smallest absolute Gasteiger partial charge is 0.340 e. The summed E-state index contributed by atoms with van der Waals surface area (Å²) in [7, 11) is 0. The van der Waals surface area contributed by atoms with Crippen LogP contribution in [-0.4, -0.2) is 33.5 Å². The number of anilines is 1. The van der Waals surface area contributed by atoms with E-state index in [4.69, 9.17) is 5.11 Å². The zero-order valence-corrected chi connectivity index (χ0v) is 11.2. The number of carbonyl (C=O) groups is 1. The van der Waals surface area contributed by atoms with Gasteiger partial charge in [-0.1, -0.05) is 6.92 Å². The van der Waals surface area contributed by atoms with Crippen LogP contribution in [0.5, 0.6) is 0 Å². The first-order valence-electron chi connectivity index (χ1n) is 5.02. The van der Waals surface area contributed by atoms with E-state index in [2.05, 4.69) is 22.9 Å². The summed E-state index contributed by atoms with van der Waals surface area (Å²) in [5.74, 6) is -0.910. The normalized spacial score (nSPS) is 12.4. The van der Waals surface area contributed by atoms with E-state index in [-0.39, 0.29) is 0 Å². The molecule has 4 nitrogen and oxygen atoms in total. The summed E-state index contributed by atoms with van der Waals surface area (Å²) < 4.78 is 4.05. The number of rotatable bonds is 6. The maximum atomic E-state index is 11.0. The minimum Gasteiger partial charge on any atom is -0.478 e. The van der Waals surface area contributed by atoms with Gasteiger partial charge in [-0.25, -0.2) is 4.79 Å². The Morgan fingerprint density at radius 2 is 2.38 bits per heavy atom. The van der Waals surface area contributed by atoms with Crippen LogP contribution in [0.15, 0.2) is 0 Å². The van der Waals surface area contributed by atoms with Gasteiger partial charge < -0.3 is 10.4 Å².